The van der Waals surface area contributed by atoms with Gasteiger partial charge in [0.05, 0.1) is 0 Å². The normalized spacial score (nSPS) is 19.2. The van der Waals surface area contributed by atoms with E-state index >= 15 is 0 Å². The van der Waals surface area contributed by atoms with Gasteiger partial charge in [0, 0.05) is 11.8 Å². The minimum atomic E-state index is 0.00933. The maximum absolute atomic E-state index is 13.4. The Balaban J connectivity index is 1.40. The van der Waals surface area contributed by atoms with Gasteiger partial charge in [-0.2, -0.15) is 0 Å². The molecule has 2 atom stereocenters. The zero-order valence-electron chi connectivity index (χ0n) is 17.4. The Kier molecular flexibility index (Phi) is 5.11. The second kappa shape index (κ2) is 8.07. The van der Waals surface area contributed by atoms with Crippen LogP contribution in [0.1, 0.15) is 30.4 Å². The van der Waals surface area contributed by atoms with Crippen LogP contribution < -0.4 is 0 Å². The maximum Gasteiger partial charge on any atom is 0.139 e. The SMILES string of the molecule is O=C1[C@@H](Cc2cccc3ccc(O)cc23)CCC[C@@H]1Cc1cccc2ccc(O)cc12. The average molecular weight is 411 g/mol. The lowest BCUT2D eigenvalue weighted by atomic mass is 9.74. The van der Waals surface area contributed by atoms with E-state index < -0.39 is 0 Å². The first-order valence-corrected chi connectivity index (χ1v) is 11.0. The summed E-state index contributed by atoms with van der Waals surface area (Å²) in [6.45, 7) is 0. The summed E-state index contributed by atoms with van der Waals surface area (Å²) in [4.78, 5) is 13.4. The molecule has 1 fully saturated rings. The number of phenols is 2. The van der Waals surface area contributed by atoms with Crippen molar-refractivity contribution in [1.82, 2.24) is 0 Å². The molecule has 4 aromatic rings. The van der Waals surface area contributed by atoms with Crippen molar-refractivity contribution in [3.8, 4) is 11.5 Å². The van der Waals surface area contributed by atoms with Gasteiger partial charge in [-0.15, -0.1) is 0 Å². The van der Waals surface area contributed by atoms with Crippen molar-refractivity contribution in [3.05, 3.63) is 83.9 Å². The Morgan fingerprint density at radius 2 is 1.16 bits per heavy atom. The standard InChI is InChI=1S/C28H26O3/c29-24-12-10-18-4-1-6-20(26(18)16-24)14-22-8-3-9-23(28(22)31)15-21-7-2-5-19-11-13-25(30)17-27(19)21/h1-2,4-7,10-13,16-17,22-23,29-30H,3,8-9,14-15H2/t22-,23-/m1/s1. The summed E-state index contributed by atoms with van der Waals surface area (Å²) in [5.41, 5.74) is 2.25. The number of fused-ring (bicyclic) bond motifs is 2. The third-order valence-electron chi connectivity index (χ3n) is 6.75. The molecule has 0 heterocycles. The van der Waals surface area contributed by atoms with Crippen LogP contribution in [-0.4, -0.2) is 16.0 Å². The Labute approximate surface area is 182 Å². The van der Waals surface area contributed by atoms with Crippen LogP contribution in [0.3, 0.4) is 0 Å². The van der Waals surface area contributed by atoms with Gasteiger partial charge in [0.25, 0.3) is 0 Å². The predicted molar refractivity (Wildman–Crippen MR) is 124 cm³/mol. The molecule has 0 bridgehead atoms. The van der Waals surface area contributed by atoms with Gasteiger partial charge in [0.1, 0.15) is 17.3 Å². The molecule has 0 saturated heterocycles. The molecule has 1 aliphatic rings. The number of benzene rings is 4. The van der Waals surface area contributed by atoms with E-state index in [-0.39, 0.29) is 23.3 Å². The number of hydrogen-bond donors (Lipinski definition) is 2. The largest absolute Gasteiger partial charge is 0.508 e. The van der Waals surface area contributed by atoms with Gasteiger partial charge >= 0.3 is 0 Å². The molecule has 0 unspecified atom stereocenters. The van der Waals surface area contributed by atoms with Gasteiger partial charge in [-0.1, -0.05) is 55.0 Å². The van der Waals surface area contributed by atoms with Crippen LogP contribution in [0, 0.1) is 11.8 Å². The van der Waals surface area contributed by atoms with E-state index in [1.807, 2.05) is 36.4 Å². The van der Waals surface area contributed by atoms with Crippen LogP contribution in [0.25, 0.3) is 21.5 Å². The van der Waals surface area contributed by atoms with Gasteiger partial charge in [0.2, 0.25) is 0 Å². The Bertz CT molecular complexity index is 1180. The van der Waals surface area contributed by atoms with Crippen LogP contribution in [0.2, 0.25) is 0 Å². The smallest absolute Gasteiger partial charge is 0.139 e. The van der Waals surface area contributed by atoms with E-state index in [4.69, 9.17) is 0 Å². The van der Waals surface area contributed by atoms with E-state index in [0.717, 1.165) is 51.9 Å². The lowest BCUT2D eigenvalue weighted by Gasteiger charge is -2.28. The fourth-order valence-corrected chi connectivity index (χ4v) is 5.17. The van der Waals surface area contributed by atoms with E-state index in [1.54, 1.807) is 24.3 Å². The van der Waals surface area contributed by atoms with Crippen molar-refractivity contribution in [2.24, 2.45) is 11.8 Å². The topological polar surface area (TPSA) is 57.5 Å². The first kappa shape index (κ1) is 19.6. The quantitative estimate of drug-likeness (QED) is 0.423. The van der Waals surface area contributed by atoms with Gasteiger partial charge < -0.3 is 10.2 Å². The van der Waals surface area contributed by atoms with Crippen molar-refractivity contribution in [1.29, 1.82) is 0 Å². The maximum atomic E-state index is 13.4. The van der Waals surface area contributed by atoms with Crippen LogP contribution in [0.4, 0.5) is 0 Å². The molecule has 3 nitrogen and oxygen atoms in total. The van der Waals surface area contributed by atoms with Gasteiger partial charge in [0.15, 0.2) is 0 Å². The third-order valence-corrected chi connectivity index (χ3v) is 6.75. The van der Waals surface area contributed by atoms with E-state index in [9.17, 15) is 15.0 Å². The molecule has 31 heavy (non-hydrogen) atoms. The molecule has 0 amide bonds. The van der Waals surface area contributed by atoms with Gasteiger partial charge in [-0.05, 0) is 82.6 Å². The molecular weight excluding hydrogens is 384 g/mol. The number of carbonyl (C=O) groups is 1. The molecule has 0 aliphatic heterocycles. The number of Topliss-reactive ketones (excluding diaryl/α,β-unsaturated/α-hetero) is 1. The van der Waals surface area contributed by atoms with Crippen molar-refractivity contribution in [2.45, 2.75) is 32.1 Å². The zero-order valence-corrected chi connectivity index (χ0v) is 17.4. The number of carbonyl (C=O) groups excluding carboxylic acids is 1. The monoisotopic (exact) mass is 410 g/mol. The highest BCUT2D eigenvalue weighted by molar-refractivity contribution is 5.90. The molecule has 5 rings (SSSR count). The Hall–Kier alpha value is -3.33. The van der Waals surface area contributed by atoms with Crippen LogP contribution >= 0.6 is 0 Å². The molecule has 0 radical (unpaired) electrons. The minimum Gasteiger partial charge on any atom is -0.508 e. The highest BCUT2D eigenvalue weighted by atomic mass is 16.3. The Morgan fingerprint density at radius 1 is 0.677 bits per heavy atom. The highest BCUT2D eigenvalue weighted by Crippen LogP contribution is 2.34. The molecular formula is C28H26O3. The van der Waals surface area contributed by atoms with E-state index in [0.29, 0.717) is 18.6 Å². The number of hydrogen-bond acceptors (Lipinski definition) is 3. The first-order valence-electron chi connectivity index (χ1n) is 11.0. The summed E-state index contributed by atoms with van der Waals surface area (Å²) in [6, 6.07) is 23.2. The average Bonchev–Trinajstić information content (AvgIpc) is 2.77. The van der Waals surface area contributed by atoms with Crippen molar-refractivity contribution in [2.75, 3.05) is 0 Å². The number of phenolic OH excluding ortho intramolecular Hbond substituents is 2. The van der Waals surface area contributed by atoms with Crippen molar-refractivity contribution < 1.29 is 15.0 Å². The highest BCUT2D eigenvalue weighted by Gasteiger charge is 2.31. The van der Waals surface area contributed by atoms with E-state index in [1.165, 1.54) is 0 Å². The molecule has 0 aromatic heterocycles. The lowest BCUT2D eigenvalue weighted by Crippen LogP contribution is -2.31. The third kappa shape index (κ3) is 3.88. The van der Waals surface area contributed by atoms with Crippen molar-refractivity contribution in [3.63, 3.8) is 0 Å². The molecule has 156 valence electrons. The van der Waals surface area contributed by atoms with Crippen LogP contribution in [-0.2, 0) is 17.6 Å². The summed E-state index contributed by atoms with van der Waals surface area (Å²) in [6.07, 6.45) is 4.31. The molecule has 1 saturated carbocycles. The van der Waals surface area contributed by atoms with Crippen LogP contribution in [0.5, 0.6) is 11.5 Å². The second-order valence-electron chi connectivity index (χ2n) is 8.78. The first-order chi connectivity index (χ1) is 15.1. The zero-order chi connectivity index (χ0) is 21.4. The minimum absolute atomic E-state index is 0.00933. The summed E-state index contributed by atoms with van der Waals surface area (Å²) in [5, 5.41) is 24.1. The molecule has 4 aromatic carbocycles. The number of aromatic hydroxyl groups is 2. The van der Waals surface area contributed by atoms with E-state index in [2.05, 4.69) is 12.1 Å². The second-order valence-corrected chi connectivity index (χ2v) is 8.78. The Morgan fingerprint density at radius 3 is 1.65 bits per heavy atom. The predicted octanol–water partition coefficient (Wildman–Crippen LogP) is 6.17. The van der Waals surface area contributed by atoms with Gasteiger partial charge in [-0.3, -0.25) is 4.79 Å². The summed E-state index contributed by atoms with van der Waals surface area (Å²) >= 11 is 0. The summed E-state index contributed by atoms with van der Waals surface area (Å²) in [5.74, 6) is 0.879. The summed E-state index contributed by atoms with van der Waals surface area (Å²) < 4.78 is 0. The van der Waals surface area contributed by atoms with Crippen molar-refractivity contribution >= 4 is 27.3 Å². The molecule has 3 heteroatoms. The molecule has 0 spiro atoms. The summed E-state index contributed by atoms with van der Waals surface area (Å²) in [7, 11) is 0. The van der Waals surface area contributed by atoms with Crippen LogP contribution in [0.15, 0.2) is 72.8 Å². The molecule has 2 N–H and O–H groups in total. The number of rotatable bonds is 4. The number of ketones is 1. The molecule has 1 aliphatic carbocycles. The lowest BCUT2D eigenvalue weighted by molar-refractivity contribution is -0.129. The van der Waals surface area contributed by atoms with Gasteiger partial charge in [-0.25, -0.2) is 0 Å². The fourth-order valence-electron chi connectivity index (χ4n) is 5.17. The fraction of sp³-hybridized carbons (Fsp3) is 0.250.